The molecule has 1 saturated heterocycles. The summed E-state index contributed by atoms with van der Waals surface area (Å²) in [6, 6.07) is 0.514. The Morgan fingerprint density at radius 1 is 1.44 bits per heavy atom. The molecule has 2 atom stereocenters. The van der Waals surface area contributed by atoms with Crippen LogP contribution in [0.2, 0.25) is 0 Å². The third kappa shape index (κ3) is 4.04. The number of ether oxygens (including phenoxy) is 1. The highest BCUT2D eigenvalue weighted by Crippen LogP contribution is 2.22. The maximum Gasteiger partial charge on any atom is 0.0469 e. The van der Waals surface area contributed by atoms with Crippen molar-refractivity contribution in [3.8, 4) is 0 Å². The summed E-state index contributed by atoms with van der Waals surface area (Å²) in [5.74, 6) is 0.721. The fourth-order valence-electron chi connectivity index (χ4n) is 2.48. The van der Waals surface area contributed by atoms with E-state index in [1.165, 1.54) is 0 Å². The molecule has 0 aromatic rings. The Hall–Kier alpha value is -0.120. The standard InChI is InChI=1S/C13H27NO2/c1-4-13(3,7-8-15)14-11(2)12-5-9-16-10-6-12/h11-12,14-15H,4-10H2,1-3H3. The van der Waals surface area contributed by atoms with Gasteiger partial charge in [-0.3, -0.25) is 0 Å². The third-order valence-corrected chi connectivity index (χ3v) is 3.99. The van der Waals surface area contributed by atoms with Crippen LogP contribution >= 0.6 is 0 Å². The summed E-state index contributed by atoms with van der Waals surface area (Å²) in [6.07, 6.45) is 4.21. The first kappa shape index (κ1) is 13.9. The minimum absolute atomic E-state index is 0.0759. The number of aliphatic hydroxyl groups is 1. The zero-order chi connectivity index (χ0) is 12.0. The van der Waals surface area contributed by atoms with Gasteiger partial charge in [-0.2, -0.15) is 0 Å². The Labute approximate surface area is 99.6 Å². The molecule has 1 rings (SSSR count). The van der Waals surface area contributed by atoms with E-state index < -0.39 is 0 Å². The molecule has 0 spiro atoms. The molecule has 1 fully saturated rings. The fraction of sp³-hybridized carbons (Fsp3) is 1.00. The van der Waals surface area contributed by atoms with E-state index >= 15 is 0 Å². The first-order valence-corrected chi connectivity index (χ1v) is 6.57. The zero-order valence-electron chi connectivity index (χ0n) is 11.0. The van der Waals surface area contributed by atoms with Crippen molar-refractivity contribution in [2.45, 2.75) is 58.0 Å². The summed E-state index contributed by atoms with van der Waals surface area (Å²) in [6.45, 7) is 8.72. The minimum atomic E-state index is 0.0759. The van der Waals surface area contributed by atoms with Gasteiger partial charge >= 0.3 is 0 Å². The van der Waals surface area contributed by atoms with E-state index in [-0.39, 0.29) is 12.1 Å². The lowest BCUT2D eigenvalue weighted by Gasteiger charge is -2.37. The van der Waals surface area contributed by atoms with Gasteiger partial charge in [0.1, 0.15) is 0 Å². The molecule has 3 nitrogen and oxygen atoms in total. The van der Waals surface area contributed by atoms with Gasteiger partial charge in [0.15, 0.2) is 0 Å². The summed E-state index contributed by atoms with van der Waals surface area (Å²) >= 11 is 0. The highest BCUT2D eigenvalue weighted by Gasteiger charge is 2.27. The van der Waals surface area contributed by atoms with Crippen molar-refractivity contribution in [1.29, 1.82) is 0 Å². The molecule has 2 N–H and O–H groups in total. The molecule has 1 heterocycles. The first-order chi connectivity index (χ1) is 7.61. The monoisotopic (exact) mass is 229 g/mol. The average Bonchev–Trinajstić information content (AvgIpc) is 2.30. The van der Waals surface area contributed by atoms with Crippen LogP contribution in [0.3, 0.4) is 0 Å². The topological polar surface area (TPSA) is 41.5 Å². The lowest BCUT2D eigenvalue weighted by Crippen LogP contribution is -2.50. The van der Waals surface area contributed by atoms with E-state index in [0.29, 0.717) is 6.04 Å². The van der Waals surface area contributed by atoms with E-state index in [0.717, 1.165) is 44.8 Å². The number of hydrogen-bond donors (Lipinski definition) is 2. The molecular formula is C13H27NO2. The lowest BCUT2D eigenvalue weighted by atomic mass is 9.88. The normalized spacial score (nSPS) is 24.0. The Bertz CT molecular complexity index is 192. The second kappa shape index (κ2) is 6.58. The van der Waals surface area contributed by atoms with Crippen LogP contribution in [-0.4, -0.2) is 36.5 Å². The largest absolute Gasteiger partial charge is 0.396 e. The van der Waals surface area contributed by atoms with Crippen molar-refractivity contribution >= 4 is 0 Å². The Kier molecular flexibility index (Phi) is 5.73. The summed E-state index contributed by atoms with van der Waals surface area (Å²) in [5.41, 5.74) is 0.0759. The minimum Gasteiger partial charge on any atom is -0.396 e. The van der Waals surface area contributed by atoms with Crippen molar-refractivity contribution in [2.75, 3.05) is 19.8 Å². The van der Waals surface area contributed by atoms with Gasteiger partial charge in [-0.1, -0.05) is 6.92 Å². The van der Waals surface area contributed by atoms with Gasteiger partial charge in [-0.25, -0.2) is 0 Å². The van der Waals surface area contributed by atoms with Crippen LogP contribution in [0.4, 0.5) is 0 Å². The molecule has 0 aromatic heterocycles. The Morgan fingerprint density at radius 2 is 2.06 bits per heavy atom. The zero-order valence-corrected chi connectivity index (χ0v) is 11.0. The van der Waals surface area contributed by atoms with Crippen molar-refractivity contribution in [3.05, 3.63) is 0 Å². The van der Waals surface area contributed by atoms with Crippen LogP contribution in [0.1, 0.15) is 46.5 Å². The van der Waals surface area contributed by atoms with Crippen LogP contribution in [-0.2, 0) is 4.74 Å². The molecule has 0 aromatic carbocycles. The second-order valence-electron chi connectivity index (χ2n) is 5.27. The molecule has 0 bridgehead atoms. The summed E-state index contributed by atoms with van der Waals surface area (Å²) in [4.78, 5) is 0. The quantitative estimate of drug-likeness (QED) is 0.731. The predicted octanol–water partition coefficient (Wildman–Crippen LogP) is 1.94. The van der Waals surface area contributed by atoms with Crippen LogP contribution < -0.4 is 5.32 Å². The maximum absolute atomic E-state index is 9.10. The molecule has 2 unspecified atom stereocenters. The second-order valence-corrected chi connectivity index (χ2v) is 5.27. The first-order valence-electron chi connectivity index (χ1n) is 6.57. The molecule has 0 amide bonds. The van der Waals surface area contributed by atoms with E-state index in [9.17, 15) is 0 Å². The maximum atomic E-state index is 9.10. The van der Waals surface area contributed by atoms with E-state index in [1.54, 1.807) is 0 Å². The highest BCUT2D eigenvalue weighted by atomic mass is 16.5. The smallest absolute Gasteiger partial charge is 0.0469 e. The van der Waals surface area contributed by atoms with Gasteiger partial charge in [-0.05, 0) is 45.4 Å². The van der Waals surface area contributed by atoms with Crippen LogP contribution in [0.15, 0.2) is 0 Å². The molecule has 96 valence electrons. The molecule has 1 aliphatic rings. The van der Waals surface area contributed by atoms with E-state index in [4.69, 9.17) is 9.84 Å². The fourth-order valence-corrected chi connectivity index (χ4v) is 2.48. The molecule has 0 aliphatic carbocycles. The number of nitrogens with one attached hydrogen (secondary N) is 1. The van der Waals surface area contributed by atoms with Gasteiger partial charge < -0.3 is 15.2 Å². The SMILES string of the molecule is CCC(C)(CCO)NC(C)C1CCOCC1. The molecular weight excluding hydrogens is 202 g/mol. The number of hydrogen-bond acceptors (Lipinski definition) is 3. The summed E-state index contributed by atoms with van der Waals surface area (Å²) < 4.78 is 5.39. The Balaban J connectivity index is 2.43. The van der Waals surface area contributed by atoms with Crippen LogP contribution in [0.5, 0.6) is 0 Å². The number of rotatable bonds is 6. The molecule has 1 aliphatic heterocycles. The van der Waals surface area contributed by atoms with Gasteiger partial charge in [0.05, 0.1) is 0 Å². The van der Waals surface area contributed by atoms with Gasteiger partial charge in [0.2, 0.25) is 0 Å². The number of aliphatic hydroxyl groups excluding tert-OH is 1. The third-order valence-electron chi connectivity index (χ3n) is 3.99. The van der Waals surface area contributed by atoms with Gasteiger partial charge in [0, 0.05) is 31.4 Å². The van der Waals surface area contributed by atoms with Gasteiger partial charge in [-0.15, -0.1) is 0 Å². The summed E-state index contributed by atoms with van der Waals surface area (Å²) in [5, 5.41) is 12.8. The van der Waals surface area contributed by atoms with E-state index in [2.05, 4.69) is 26.1 Å². The molecule has 0 saturated carbocycles. The van der Waals surface area contributed by atoms with Crippen molar-refractivity contribution in [1.82, 2.24) is 5.32 Å². The molecule has 3 heteroatoms. The lowest BCUT2D eigenvalue weighted by molar-refractivity contribution is 0.0496. The van der Waals surface area contributed by atoms with Gasteiger partial charge in [0.25, 0.3) is 0 Å². The predicted molar refractivity (Wildman–Crippen MR) is 66.5 cm³/mol. The molecule has 0 radical (unpaired) electrons. The van der Waals surface area contributed by atoms with Crippen molar-refractivity contribution in [2.24, 2.45) is 5.92 Å². The van der Waals surface area contributed by atoms with E-state index in [1.807, 2.05) is 0 Å². The van der Waals surface area contributed by atoms with Crippen LogP contribution in [0, 0.1) is 5.92 Å². The summed E-state index contributed by atoms with van der Waals surface area (Å²) in [7, 11) is 0. The van der Waals surface area contributed by atoms with Crippen molar-refractivity contribution < 1.29 is 9.84 Å². The van der Waals surface area contributed by atoms with Crippen LogP contribution in [0.25, 0.3) is 0 Å². The van der Waals surface area contributed by atoms with Crippen molar-refractivity contribution in [3.63, 3.8) is 0 Å². The molecule has 16 heavy (non-hydrogen) atoms. The highest BCUT2D eigenvalue weighted by molar-refractivity contribution is 4.87. The average molecular weight is 229 g/mol. The Morgan fingerprint density at radius 3 is 2.56 bits per heavy atom.